The van der Waals surface area contributed by atoms with E-state index in [0.717, 1.165) is 77.0 Å². The molecular weight excluding hydrogens is 596 g/mol. The molecule has 5 heteroatoms. The predicted octanol–water partition coefficient (Wildman–Crippen LogP) is 12.4. The highest BCUT2D eigenvalue weighted by molar-refractivity contribution is 5.70. The smallest absolute Gasteiger partial charge is 0.306 e. The molecule has 0 unspecified atom stereocenters. The van der Waals surface area contributed by atoms with Crippen molar-refractivity contribution in [2.45, 2.75) is 187 Å². The highest BCUT2D eigenvalue weighted by atomic mass is 16.6. The summed E-state index contributed by atoms with van der Waals surface area (Å²) in [6.45, 7) is 3.99. The standard InChI is InChI=1S/C43H74O5/c1-3-5-7-9-11-13-15-17-19-21-23-25-27-29-31-33-35-37-42(45)47-40-41(39-44)48-43(46)38-36-34-32-30-28-26-24-22-20-18-16-14-12-10-8-6-4-2/h6,8,12,14,17-20,24,26,41,44H,3-5,7,9-11,13,15-16,21-23,25,27-40H2,1-2H3/t41-/m0/s1. The molecule has 0 rings (SSSR count). The number of carbonyl (C=O) groups excluding carboxylic acids is 2. The lowest BCUT2D eigenvalue weighted by molar-refractivity contribution is -0.161. The number of hydrogen-bond donors (Lipinski definition) is 1. The number of unbranched alkanes of at least 4 members (excludes halogenated alkanes) is 17. The van der Waals surface area contributed by atoms with Crippen LogP contribution in [0.3, 0.4) is 0 Å². The van der Waals surface area contributed by atoms with E-state index in [1.807, 2.05) is 0 Å². The Morgan fingerprint density at radius 3 is 1.38 bits per heavy atom. The van der Waals surface area contributed by atoms with Crippen molar-refractivity contribution in [2.75, 3.05) is 13.2 Å². The summed E-state index contributed by atoms with van der Waals surface area (Å²) in [4.78, 5) is 24.3. The molecule has 0 aliphatic heterocycles. The van der Waals surface area contributed by atoms with Gasteiger partial charge in [-0.3, -0.25) is 9.59 Å². The van der Waals surface area contributed by atoms with Gasteiger partial charge in [0.05, 0.1) is 6.61 Å². The van der Waals surface area contributed by atoms with Gasteiger partial charge >= 0.3 is 11.9 Å². The van der Waals surface area contributed by atoms with E-state index in [1.54, 1.807) is 0 Å². The van der Waals surface area contributed by atoms with Gasteiger partial charge in [0.15, 0.2) is 6.10 Å². The molecule has 0 aromatic rings. The maximum Gasteiger partial charge on any atom is 0.306 e. The molecule has 0 amide bonds. The minimum Gasteiger partial charge on any atom is -0.462 e. The summed E-state index contributed by atoms with van der Waals surface area (Å²) in [7, 11) is 0. The van der Waals surface area contributed by atoms with E-state index in [9.17, 15) is 14.7 Å². The molecule has 48 heavy (non-hydrogen) atoms. The fourth-order valence-electron chi connectivity index (χ4n) is 5.30. The molecule has 0 aliphatic rings. The number of carbonyl (C=O) groups is 2. The third kappa shape index (κ3) is 36.4. The van der Waals surface area contributed by atoms with E-state index in [-0.39, 0.29) is 25.2 Å². The van der Waals surface area contributed by atoms with E-state index in [1.165, 1.54) is 77.0 Å². The van der Waals surface area contributed by atoms with Crippen LogP contribution >= 0.6 is 0 Å². The van der Waals surface area contributed by atoms with Crippen molar-refractivity contribution in [3.8, 4) is 0 Å². The van der Waals surface area contributed by atoms with Crippen molar-refractivity contribution < 1.29 is 24.2 Å². The van der Waals surface area contributed by atoms with Crippen molar-refractivity contribution in [2.24, 2.45) is 0 Å². The number of esters is 2. The molecule has 0 radical (unpaired) electrons. The number of allylic oxidation sites excluding steroid dienone is 10. The Morgan fingerprint density at radius 2 is 0.896 bits per heavy atom. The van der Waals surface area contributed by atoms with E-state index in [4.69, 9.17) is 9.47 Å². The lowest BCUT2D eigenvalue weighted by Crippen LogP contribution is -2.28. The summed E-state index contributed by atoms with van der Waals surface area (Å²) in [5, 5.41) is 9.55. The van der Waals surface area contributed by atoms with Crippen LogP contribution in [0.4, 0.5) is 0 Å². The van der Waals surface area contributed by atoms with Gasteiger partial charge in [-0.1, -0.05) is 152 Å². The maximum absolute atomic E-state index is 12.2. The topological polar surface area (TPSA) is 72.8 Å². The number of aliphatic hydroxyl groups is 1. The van der Waals surface area contributed by atoms with E-state index in [0.29, 0.717) is 12.8 Å². The van der Waals surface area contributed by atoms with Crippen LogP contribution in [-0.4, -0.2) is 36.4 Å². The second kappa shape index (κ2) is 39.0. The highest BCUT2D eigenvalue weighted by Gasteiger charge is 2.16. The molecule has 276 valence electrons. The van der Waals surface area contributed by atoms with E-state index >= 15 is 0 Å². The SMILES string of the molecule is CCC=CCC=CCC=CCC=CCCCCCCC(=O)O[C@@H](CO)COC(=O)CCCCCCCCCC=CCCCCCCCC. The lowest BCUT2D eigenvalue weighted by Gasteiger charge is -2.15. The Morgan fingerprint density at radius 1 is 0.500 bits per heavy atom. The molecule has 0 spiro atoms. The van der Waals surface area contributed by atoms with Gasteiger partial charge in [0.25, 0.3) is 0 Å². The van der Waals surface area contributed by atoms with Crippen molar-refractivity contribution >= 4 is 11.9 Å². The fraction of sp³-hybridized carbons (Fsp3) is 0.721. The first-order chi connectivity index (χ1) is 23.6. The Labute approximate surface area is 296 Å². The van der Waals surface area contributed by atoms with Gasteiger partial charge in [0, 0.05) is 12.8 Å². The van der Waals surface area contributed by atoms with E-state index in [2.05, 4.69) is 74.6 Å². The first kappa shape index (κ1) is 45.6. The number of ether oxygens (including phenoxy) is 2. The summed E-state index contributed by atoms with van der Waals surface area (Å²) in [5.74, 6) is -0.626. The average Bonchev–Trinajstić information content (AvgIpc) is 3.09. The number of hydrogen-bond acceptors (Lipinski definition) is 5. The minimum atomic E-state index is -0.787. The van der Waals surface area contributed by atoms with Gasteiger partial charge in [0.2, 0.25) is 0 Å². The second-order valence-electron chi connectivity index (χ2n) is 13.0. The molecule has 0 saturated heterocycles. The van der Waals surface area contributed by atoms with Crippen LogP contribution in [0.15, 0.2) is 60.8 Å². The molecule has 0 aliphatic carbocycles. The summed E-state index contributed by atoms with van der Waals surface area (Å²) in [6.07, 6.45) is 49.9. The van der Waals surface area contributed by atoms with Gasteiger partial charge < -0.3 is 14.6 Å². The van der Waals surface area contributed by atoms with Crippen LogP contribution < -0.4 is 0 Å². The monoisotopic (exact) mass is 671 g/mol. The second-order valence-corrected chi connectivity index (χ2v) is 13.0. The Hall–Kier alpha value is -2.40. The molecule has 0 aromatic carbocycles. The zero-order valence-electron chi connectivity index (χ0n) is 31.2. The lowest BCUT2D eigenvalue weighted by atomic mass is 10.1. The fourth-order valence-corrected chi connectivity index (χ4v) is 5.30. The quantitative estimate of drug-likeness (QED) is 0.0413. The van der Waals surface area contributed by atoms with Crippen molar-refractivity contribution in [1.82, 2.24) is 0 Å². The van der Waals surface area contributed by atoms with Gasteiger partial charge in [0.1, 0.15) is 6.61 Å². The molecule has 0 heterocycles. The summed E-state index contributed by atoms with van der Waals surface area (Å²) >= 11 is 0. The average molecular weight is 671 g/mol. The van der Waals surface area contributed by atoms with Crippen LogP contribution in [0.1, 0.15) is 181 Å². The van der Waals surface area contributed by atoms with Gasteiger partial charge in [-0.15, -0.1) is 0 Å². The molecule has 5 nitrogen and oxygen atoms in total. The van der Waals surface area contributed by atoms with Gasteiger partial charge in [-0.25, -0.2) is 0 Å². The molecule has 0 fully saturated rings. The largest absolute Gasteiger partial charge is 0.462 e. The molecule has 1 N–H and O–H groups in total. The highest BCUT2D eigenvalue weighted by Crippen LogP contribution is 2.12. The van der Waals surface area contributed by atoms with Crippen molar-refractivity contribution in [3.63, 3.8) is 0 Å². The Bertz CT molecular complexity index is 853. The Balaban J connectivity index is 3.62. The molecule has 0 bridgehead atoms. The van der Waals surface area contributed by atoms with Crippen LogP contribution in [0.2, 0.25) is 0 Å². The third-order valence-electron chi connectivity index (χ3n) is 8.30. The van der Waals surface area contributed by atoms with Crippen LogP contribution in [0.25, 0.3) is 0 Å². The molecular formula is C43H74O5. The first-order valence-electron chi connectivity index (χ1n) is 19.8. The van der Waals surface area contributed by atoms with Crippen LogP contribution in [0.5, 0.6) is 0 Å². The van der Waals surface area contributed by atoms with Crippen LogP contribution in [-0.2, 0) is 19.1 Å². The third-order valence-corrected chi connectivity index (χ3v) is 8.30. The number of rotatable bonds is 35. The summed E-state index contributed by atoms with van der Waals surface area (Å²) in [5.41, 5.74) is 0. The maximum atomic E-state index is 12.2. The Kier molecular flexibility index (Phi) is 37.1. The first-order valence-corrected chi connectivity index (χ1v) is 19.8. The van der Waals surface area contributed by atoms with E-state index < -0.39 is 6.10 Å². The normalized spacial score (nSPS) is 12.8. The van der Waals surface area contributed by atoms with Crippen molar-refractivity contribution in [1.29, 1.82) is 0 Å². The minimum absolute atomic E-state index is 0.0800. The predicted molar refractivity (Wildman–Crippen MR) is 205 cm³/mol. The summed E-state index contributed by atoms with van der Waals surface area (Å²) < 4.78 is 10.6. The summed E-state index contributed by atoms with van der Waals surface area (Å²) in [6, 6.07) is 0. The molecule has 0 saturated carbocycles. The molecule has 1 atom stereocenters. The van der Waals surface area contributed by atoms with Gasteiger partial charge in [-0.2, -0.15) is 0 Å². The zero-order chi connectivity index (χ0) is 35.0. The van der Waals surface area contributed by atoms with Crippen molar-refractivity contribution in [3.05, 3.63) is 60.8 Å². The zero-order valence-corrected chi connectivity index (χ0v) is 31.2. The number of aliphatic hydroxyl groups excluding tert-OH is 1. The van der Waals surface area contributed by atoms with Crippen LogP contribution in [0, 0.1) is 0 Å². The molecule has 0 aromatic heterocycles. The van der Waals surface area contributed by atoms with Gasteiger partial charge in [-0.05, 0) is 77.0 Å².